The fourth-order valence-corrected chi connectivity index (χ4v) is 1.78. The van der Waals surface area contributed by atoms with Crippen LogP contribution in [0.1, 0.15) is 60.6 Å². The number of aromatic nitrogens is 1. The molecule has 0 bridgehead atoms. The summed E-state index contributed by atoms with van der Waals surface area (Å²) < 4.78 is 85.8. The first-order valence-corrected chi connectivity index (χ1v) is 6.25. The summed E-state index contributed by atoms with van der Waals surface area (Å²) in [6, 6.07) is 1.27. The van der Waals surface area contributed by atoms with Gasteiger partial charge in [0.25, 0.3) is 0 Å². The molecule has 0 atom stereocenters. The predicted octanol–water partition coefficient (Wildman–Crippen LogP) is 2.56. The van der Waals surface area contributed by atoms with Gasteiger partial charge in [-0.25, -0.2) is 0 Å². The van der Waals surface area contributed by atoms with Crippen molar-refractivity contribution in [2.45, 2.75) is 65.1 Å². The highest BCUT2D eigenvalue weighted by Gasteiger charge is 2.51. The van der Waals surface area contributed by atoms with E-state index in [1.807, 2.05) is 27.7 Å². The van der Waals surface area contributed by atoms with Crippen molar-refractivity contribution in [2.75, 3.05) is 0 Å². The van der Waals surface area contributed by atoms with Crippen molar-refractivity contribution < 1.29 is 26.4 Å². The predicted molar refractivity (Wildman–Crippen MR) is 80.3 cm³/mol. The molecule has 1 aromatic heterocycles. The molecule has 0 radical (unpaired) electrons. The van der Waals surface area contributed by atoms with Crippen molar-refractivity contribution in [3.63, 3.8) is 0 Å². The fraction of sp³-hybridized carbons (Fsp3) is 0.667. The van der Waals surface area contributed by atoms with E-state index in [4.69, 9.17) is 26.4 Å². The second-order valence-electron chi connectivity index (χ2n) is 5.83. The maximum absolute atomic E-state index is 7.64. The van der Waals surface area contributed by atoms with Gasteiger partial charge in [0.1, 0.15) is 11.4 Å². The summed E-state index contributed by atoms with van der Waals surface area (Å²) >= 11 is 0. The van der Waals surface area contributed by atoms with E-state index in [0.717, 1.165) is 6.20 Å². The first-order valence-electron chi connectivity index (χ1n) is 10.7. The molecule has 0 unspecified atom stereocenters. The molecular weight excluding hydrogens is 253 g/mol. The zero-order chi connectivity index (χ0) is 22.7. The summed E-state index contributed by atoms with van der Waals surface area (Å²) in [6.45, 7) is -3.10. The Morgan fingerprint density at radius 1 is 1.15 bits per heavy atom. The standard InChI is InChI=1S/C15H24BNO3/c1-13(2,3)18-12-8-11(9-17-10-12)16-19-14(4,5)15(6,7)20-16/h8-10H,1-7H3/i1D3,2D3,3D3. The first-order chi connectivity index (χ1) is 12.8. The van der Waals surface area contributed by atoms with Crippen molar-refractivity contribution in [3.05, 3.63) is 18.5 Å². The van der Waals surface area contributed by atoms with Crippen LogP contribution in [0, 0.1) is 0 Å². The molecule has 0 amide bonds. The summed E-state index contributed by atoms with van der Waals surface area (Å²) in [5, 5.41) is 0. The maximum atomic E-state index is 7.64. The molecule has 1 aromatic rings. The second-order valence-corrected chi connectivity index (χ2v) is 5.83. The SMILES string of the molecule is [2H]C([2H])([2H])C(Oc1cncc(B2OC(C)(C)C(C)(C)O2)c1)(C([2H])([2H])[2H])C([2H])([2H])[2H]. The van der Waals surface area contributed by atoms with Gasteiger partial charge in [-0.1, -0.05) is 0 Å². The Morgan fingerprint density at radius 2 is 1.75 bits per heavy atom. The highest BCUT2D eigenvalue weighted by molar-refractivity contribution is 6.62. The highest BCUT2D eigenvalue weighted by atomic mass is 16.7. The van der Waals surface area contributed by atoms with Gasteiger partial charge in [-0.15, -0.1) is 0 Å². The van der Waals surface area contributed by atoms with Crippen LogP contribution in [0.2, 0.25) is 0 Å². The molecule has 2 heterocycles. The number of nitrogens with zero attached hydrogens (tertiary/aromatic N) is 1. The Hall–Kier alpha value is -1.07. The van der Waals surface area contributed by atoms with Gasteiger partial charge in [0, 0.05) is 24.0 Å². The van der Waals surface area contributed by atoms with Crippen LogP contribution in [0.5, 0.6) is 5.75 Å². The molecule has 1 aliphatic heterocycles. The van der Waals surface area contributed by atoms with Crippen LogP contribution in [0.15, 0.2) is 18.5 Å². The Kier molecular flexibility index (Phi) is 1.72. The van der Waals surface area contributed by atoms with Crippen LogP contribution in [0.4, 0.5) is 0 Å². The van der Waals surface area contributed by atoms with Crippen LogP contribution in [-0.2, 0) is 9.31 Å². The van der Waals surface area contributed by atoms with Gasteiger partial charge in [-0.05, 0) is 54.3 Å². The van der Waals surface area contributed by atoms with E-state index in [1.165, 1.54) is 12.3 Å². The monoisotopic (exact) mass is 286 g/mol. The lowest BCUT2D eigenvalue weighted by Crippen LogP contribution is -2.41. The Labute approximate surface area is 134 Å². The molecular formula is C15H24BNO3. The molecule has 20 heavy (non-hydrogen) atoms. The molecule has 4 nitrogen and oxygen atoms in total. The zero-order valence-electron chi connectivity index (χ0n) is 21.0. The van der Waals surface area contributed by atoms with Gasteiger partial charge in [0.15, 0.2) is 0 Å². The van der Waals surface area contributed by atoms with Crippen molar-refractivity contribution >= 4 is 12.6 Å². The number of pyridine rings is 1. The minimum Gasteiger partial charge on any atom is -0.487 e. The van der Waals surface area contributed by atoms with Crippen molar-refractivity contribution in [2.24, 2.45) is 0 Å². The molecule has 0 aromatic carbocycles. The van der Waals surface area contributed by atoms with Gasteiger partial charge in [-0.2, -0.15) is 0 Å². The van der Waals surface area contributed by atoms with E-state index >= 15 is 0 Å². The lowest BCUT2D eigenvalue weighted by molar-refractivity contribution is 0.00578. The van der Waals surface area contributed by atoms with Crippen LogP contribution in [-0.4, -0.2) is 28.9 Å². The third-order valence-corrected chi connectivity index (χ3v) is 3.53. The van der Waals surface area contributed by atoms with Crippen molar-refractivity contribution in [1.29, 1.82) is 0 Å². The third kappa shape index (κ3) is 3.15. The molecule has 0 saturated carbocycles. The second kappa shape index (κ2) is 4.74. The lowest BCUT2D eigenvalue weighted by Gasteiger charge is -2.32. The summed E-state index contributed by atoms with van der Waals surface area (Å²) in [7, 11) is -0.876. The molecule has 0 spiro atoms. The molecule has 5 heteroatoms. The van der Waals surface area contributed by atoms with E-state index in [2.05, 4.69) is 4.98 Å². The summed E-state index contributed by atoms with van der Waals surface area (Å²) in [5.41, 5.74) is -4.43. The highest BCUT2D eigenvalue weighted by Crippen LogP contribution is 2.36. The average Bonchev–Trinajstić information content (AvgIpc) is 2.69. The quantitative estimate of drug-likeness (QED) is 0.783. The Morgan fingerprint density at radius 3 is 2.30 bits per heavy atom. The minimum atomic E-state index is -3.48. The average molecular weight is 286 g/mol. The van der Waals surface area contributed by atoms with Gasteiger partial charge in [-0.3, -0.25) is 4.98 Å². The first kappa shape index (κ1) is 7.27. The molecule has 0 aliphatic carbocycles. The number of hydrogen-bond acceptors (Lipinski definition) is 4. The van der Waals surface area contributed by atoms with Gasteiger partial charge in [0.05, 0.1) is 17.4 Å². The Balaban J connectivity index is 2.49. The number of hydrogen-bond donors (Lipinski definition) is 0. The van der Waals surface area contributed by atoms with E-state index in [-0.39, 0.29) is 5.75 Å². The largest absolute Gasteiger partial charge is 0.496 e. The van der Waals surface area contributed by atoms with Crippen LogP contribution in [0.25, 0.3) is 0 Å². The van der Waals surface area contributed by atoms with E-state index in [1.54, 1.807) is 0 Å². The van der Waals surface area contributed by atoms with E-state index in [0.29, 0.717) is 5.46 Å². The van der Waals surface area contributed by atoms with Gasteiger partial charge >= 0.3 is 7.12 Å². The van der Waals surface area contributed by atoms with Crippen LogP contribution >= 0.6 is 0 Å². The van der Waals surface area contributed by atoms with E-state index < -0.39 is 44.5 Å². The minimum absolute atomic E-state index is 0.330. The van der Waals surface area contributed by atoms with Crippen LogP contribution in [0.3, 0.4) is 0 Å². The molecule has 1 saturated heterocycles. The number of rotatable bonds is 2. The molecule has 2 rings (SSSR count). The van der Waals surface area contributed by atoms with Gasteiger partial charge in [0.2, 0.25) is 0 Å². The molecule has 1 fully saturated rings. The van der Waals surface area contributed by atoms with Crippen molar-refractivity contribution in [3.8, 4) is 5.75 Å². The zero-order valence-corrected chi connectivity index (χ0v) is 12.0. The van der Waals surface area contributed by atoms with Crippen molar-refractivity contribution in [1.82, 2.24) is 4.98 Å². The normalized spacial score (nSPS) is 29.6. The fourth-order valence-electron chi connectivity index (χ4n) is 1.78. The third-order valence-electron chi connectivity index (χ3n) is 3.53. The number of ether oxygens (including phenoxy) is 1. The van der Waals surface area contributed by atoms with E-state index in [9.17, 15) is 0 Å². The smallest absolute Gasteiger partial charge is 0.487 e. The molecule has 1 aliphatic rings. The van der Waals surface area contributed by atoms with Gasteiger partial charge < -0.3 is 14.0 Å². The lowest BCUT2D eigenvalue weighted by atomic mass is 9.80. The summed E-state index contributed by atoms with van der Waals surface area (Å²) in [5.74, 6) is -0.333. The molecule has 0 N–H and O–H groups in total. The summed E-state index contributed by atoms with van der Waals surface area (Å²) in [6.07, 6.45) is 2.43. The topological polar surface area (TPSA) is 40.6 Å². The maximum Gasteiger partial charge on any atom is 0.496 e. The van der Waals surface area contributed by atoms with Crippen LogP contribution < -0.4 is 10.2 Å². The molecule has 110 valence electrons. The summed E-state index contributed by atoms with van der Waals surface area (Å²) in [4.78, 5) is 3.92. The Bertz CT molecular complexity index is 707.